The molecule has 1 aromatic carbocycles. The first-order valence-corrected chi connectivity index (χ1v) is 8.61. The number of nitrogens with one attached hydrogen (secondary N) is 1. The molecular formula is C20H24N2O. The van der Waals surface area contributed by atoms with Crippen LogP contribution < -0.4 is 0 Å². The zero-order valence-electron chi connectivity index (χ0n) is 14.1. The largest absolute Gasteiger partial charge is 0.299 e. The average molecular weight is 308 g/mol. The van der Waals surface area contributed by atoms with Crippen LogP contribution in [-0.2, 0) is 16.6 Å². The third-order valence-corrected chi connectivity index (χ3v) is 6.40. The molecule has 3 heteroatoms. The summed E-state index contributed by atoms with van der Waals surface area (Å²) >= 11 is 0. The molecule has 2 aliphatic rings. The molecule has 0 unspecified atom stereocenters. The highest BCUT2D eigenvalue weighted by molar-refractivity contribution is 5.86. The van der Waals surface area contributed by atoms with E-state index in [1.54, 1.807) is 0 Å². The lowest BCUT2D eigenvalue weighted by Crippen LogP contribution is -2.52. The van der Waals surface area contributed by atoms with E-state index in [1.807, 2.05) is 6.07 Å². The van der Waals surface area contributed by atoms with Gasteiger partial charge in [-0.1, -0.05) is 51.1 Å². The number of nitrogens with zero attached hydrogens (tertiary/aromatic N) is 1. The van der Waals surface area contributed by atoms with Crippen molar-refractivity contribution in [3.63, 3.8) is 0 Å². The number of fused-ring (bicyclic) bond motifs is 3. The number of hydrogen-bond acceptors (Lipinski definition) is 2. The van der Waals surface area contributed by atoms with Crippen molar-refractivity contribution in [2.75, 3.05) is 0 Å². The Morgan fingerprint density at radius 1 is 1.13 bits per heavy atom. The van der Waals surface area contributed by atoms with Crippen LogP contribution in [-0.4, -0.2) is 16.0 Å². The van der Waals surface area contributed by atoms with Gasteiger partial charge < -0.3 is 0 Å². The van der Waals surface area contributed by atoms with Gasteiger partial charge >= 0.3 is 0 Å². The van der Waals surface area contributed by atoms with E-state index >= 15 is 0 Å². The molecule has 1 aromatic heterocycles. The van der Waals surface area contributed by atoms with Crippen LogP contribution in [0.25, 0.3) is 11.3 Å². The summed E-state index contributed by atoms with van der Waals surface area (Å²) in [5, 5.41) is 8.02. The number of benzene rings is 1. The predicted octanol–water partition coefficient (Wildman–Crippen LogP) is 4.29. The van der Waals surface area contributed by atoms with Gasteiger partial charge in [0.25, 0.3) is 0 Å². The monoisotopic (exact) mass is 308 g/mol. The van der Waals surface area contributed by atoms with Crippen LogP contribution in [0.3, 0.4) is 0 Å². The number of carbonyl (C=O) groups is 1. The Labute approximate surface area is 137 Å². The first-order chi connectivity index (χ1) is 10.9. The van der Waals surface area contributed by atoms with Gasteiger partial charge in [0.2, 0.25) is 0 Å². The minimum Gasteiger partial charge on any atom is -0.299 e. The van der Waals surface area contributed by atoms with Gasteiger partial charge in [0.15, 0.2) is 0 Å². The Balaban J connectivity index is 1.83. The Kier molecular flexibility index (Phi) is 3.06. The first-order valence-electron chi connectivity index (χ1n) is 8.61. The number of ketones is 1. The van der Waals surface area contributed by atoms with Gasteiger partial charge in [-0.05, 0) is 25.2 Å². The summed E-state index contributed by atoms with van der Waals surface area (Å²) < 4.78 is 0. The summed E-state index contributed by atoms with van der Waals surface area (Å²) in [4.78, 5) is 12.4. The molecule has 2 aliphatic carbocycles. The molecule has 23 heavy (non-hydrogen) atoms. The van der Waals surface area contributed by atoms with Gasteiger partial charge in [-0.2, -0.15) is 5.10 Å². The molecule has 1 N–H and O–H groups in total. The second kappa shape index (κ2) is 4.80. The Hall–Kier alpha value is -1.90. The molecule has 0 radical (unpaired) electrons. The van der Waals surface area contributed by atoms with Crippen molar-refractivity contribution in [3.05, 3.63) is 41.6 Å². The van der Waals surface area contributed by atoms with E-state index < -0.39 is 0 Å². The summed E-state index contributed by atoms with van der Waals surface area (Å²) in [5.41, 5.74) is 4.70. The molecule has 0 aliphatic heterocycles. The minimum absolute atomic E-state index is 0.0328. The first kappa shape index (κ1) is 14.7. The second-order valence-electron chi connectivity index (χ2n) is 7.95. The molecule has 2 atom stereocenters. The Morgan fingerprint density at radius 3 is 2.61 bits per heavy atom. The van der Waals surface area contributed by atoms with Crippen molar-refractivity contribution in [1.82, 2.24) is 10.2 Å². The summed E-state index contributed by atoms with van der Waals surface area (Å²) in [6.07, 6.45) is 3.69. The van der Waals surface area contributed by atoms with E-state index in [2.05, 4.69) is 55.2 Å². The van der Waals surface area contributed by atoms with Crippen molar-refractivity contribution in [3.8, 4) is 11.3 Å². The van der Waals surface area contributed by atoms with E-state index in [0.717, 1.165) is 25.0 Å². The maximum absolute atomic E-state index is 12.4. The van der Waals surface area contributed by atoms with Crippen molar-refractivity contribution < 1.29 is 4.79 Å². The van der Waals surface area contributed by atoms with E-state index in [1.165, 1.54) is 16.8 Å². The van der Waals surface area contributed by atoms with Crippen LogP contribution in [0.2, 0.25) is 0 Å². The third-order valence-electron chi connectivity index (χ3n) is 6.40. The molecule has 0 bridgehead atoms. The fraction of sp³-hybridized carbons (Fsp3) is 0.500. The molecule has 3 nitrogen and oxygen atoms in total. The molecule has 0 saturated heterocycles. The highest BCUT2D eigenvalue weighted by atomic mass is 16.1. The predicted molar refractivity (Wildman–Crippen MR) is 91.2 cm³/mol. The normalized spacial score (nSPS) is 29.0. The lowest BCUT2D eigenvalue weighted by molar-refractivity contribution is -0.137. The minimum atomic E-state index is -0.233. The highest BCUT2D eigenvalue weighted by Crippen LogP contribution is 2.56. The van der Waals surface area contributed by atoms with E-state index in [4.69, 9.17) is 0 Å². The van der Waals surface area contributed by atoms with Crippen molar-refractivity contribution in [2.45, 2.75) is 51.9 Å². The summed E-state index contributed by atoms with van der Waals surface area (Å²) in [6, 6.07) is 10.4. The zero-order valence-corrected chi connectivity index (χ0v) is 14.1. The van der Waals surface area contributed by atoms with Gasteiger partial charge in [-0.15, -0.1) is 0 Å². The molecule has 120 valence electrons. The van der Waals surface area contributed by atoms with Crippen LogP contribution in [0.4, 0.5) is 0 Å². The number of rotatable bonds is 1. The van der Waals surface area contributed by atoms with Crippen molar-refractivity contribution >= 4 is 5.78 Å². The second-order valence-corrected chi connectivity index (χ2v) is 7.95. The standard InChI is InChI=1S/C20H24N2O/c1-19(2)15-10-9-14-17(13-7-5-4-6-8-13)21-22-18(14)20(15,3)12-11-16(19)23/h4-8,15H,9-12H2,1-3H3,(H,21,22)/t15-,20-/m0/s1. The number of aromatic nitrogens is 2. The van der Waals surface area contributed by atoms with Crippen molar-refractivity contribution in [1.29, 1.82) is 0 Å². The fourth-order valence-corrected chi connectivity index (χ4v) is 5.04. The van der Waals surface area contributed by atoms with Gasteiger partial charge in [0, 0.05) is 34.1 Å². The van der Waals surface area contributed by atoms with Gasteiger partial charge in [-0.25, -0.2) is 0 Å². The van der Waals surface area contributed by atoms with Gasteiger partial charge in [0.05, 0.1) is 5.69 Å². The van der Waals surface area contributed by atoms with Crippen LogP contribution in [0, 0.1) is 11.3 Å². The molecule has 1 saturated carbocycles. The molecule has 1 fully saturated rings. The number of carbonyl (C=O) groups excluding carboxylic acids is 1. The summed E-state index contributed by atoms with van der Waals surface area (Å²) in [5.74, 6) is 0.819. The SMILES string of the molecule is CC1(C)C(=O)CC[C@]2(C)c3[nH]nc(-c4ccccc4)c3CC[C@@H]12. The number of H-pyrrole nitrogens is 1. The van der Waals surface area contributed by atoms with Crippen LogP contribution in [0.5, 0.6) is 0 Å². The molecule has 2 aromatic rings. The lowest BCUT2D eigenvalue weighted by Gasteiger charge is -2.52. The molecule has 1 heterocycles. The van der Waals surface area contributed by atoms with Crippen LogP contribution in [0.1, 0.15) is 51.3 Å². The smallest absolute Gasteiger partial charge is 0.138 e. The molecular weight excluding hydrogens is 284 g/mol. The molecule has 0 amide bonds. The van der Waals surface area contributed by atoms with Crippen LogP contribution >= 0.6 is 0 Å². The fourth-order valence-electron chi connectivity index (χ4n) is 5.04. The Morgan fingerprint density at radius 2 is 1.87 bits per heavy atom. The van der Waals surface area contributed by atoms with Gasteiger partial charge in [0.1, 0.15) is 5.78 Å². The summed E-state index contributed by atoms with van der Waals surface area (Å²) in [6.45, 7) is 6.60. The van der Waals surface area contributed by atoms with Gasteiger partial charge in [-0.3, -0.25) is 9.89 Å². The molecule has 0 spiro atoms. The Bertz CT molecular complexity index is 759. The number of hydrogen-bond donors (Lipinski definition) is 1. The number of Topliss-reactive ketones (excluding diaryl/α,β-unsaturated/α-hetero) is 1. The maximum Gasteiger partial charge on any atom is 0.138 e. The average Bonchev–Trinajstić information content (AvgIpc) is 2.98. The van der Waals surface area contributed by atoms with E-state index in [-0.39, 0.29) is 10.8 Å². The topological polar surface area (TPSA) is 45.8 Å². The lowest BCUT2D eigenvalue weighted by atomic mass is 9.51. The zero-order chi connectivity index (χ0) is 16.2. The molecule has 4 rings (SSSR count). The maximum atomic E-state index is 12.4. The van der Waals surface area contributed by atoms with Crippen LogP contribution in [0.15, 0.2) is 30.3 Å². The highest BCUT2D eigenvalue weighted by Gasteiger charge is 2.54. The summed E-state index contributed by atoms with van der Waals surface area (Å²) in [7, 11) is 0. The van der Waals surface area contributed by atoms with E-state index in [0.29, 0.717) is 18.1 Å². The van der Waals surface area contributed by atoms with E-state index in [9.17, 15) is 4.79 Å². The van der Waals surface area contributed by atoms with Crippen molar-refractivity contribution in [2.24, 2.45) is 11.3 Å². The number of aromatic amines is 1. The quantitative estimate of drug-likeness (QED) is 0.854. The third kappa shape index (κ3) is 1.95.